The molecule has 130 valence electrons. The van der Waals surface area contributed by atoms with Crippen LogP contribution >= 0.6 is 11.6 Å². The number of rotatable bonds is 3. The van der Waals surface area contributed by atoms with E-state index < -0.39 is 0 Å². The Morgan fingerprint density at radius 3 is 2.80 bits per heavy atom. The summed E-state index contributed by atoms with van der Waals surface area (Å²) in [5.74, 6) is 0.900. The highest BCUT2D eigenvalue weighted by Gasteiger charge is 2.26. The summed E-state index contributed by atoms with van der Waals surface area (Å²) in [6.07, 6.45) is 4.63. The molecule has 0 radical (unpaired) electrons. The van der Waals surface area contributed by atoms with Crippen molar-refractivity contribution in [3.05, 3.63) is 52.2 Å². The molecule has 2 aromatic rings. The molecule has 0 bridgehead atoms. The number of carbonyl (C=O) groups excluding carboxylic acids is 1. The molecule has 1 aliphatic carbocycles. The van der Waals surface area contributed by atoms with Crippen LogP contribution in [-0.4, -0.2) is 42.1 Å². The number of hydrogen-bond acceptors (Lipinski definition) is 4. The number of pyridine rings is 1. The minimum atomic E-state index is 0.0725. The highest BCUT2D eigenvalue weighted by molar-refractivity contribution is 6.30. The van der Waals surface area contributed by atoms with Crippen LogP contribution in [-0.2, 0) is 17.6 Å². The van der Waals surface area contributed by atoms with Crippen molar-refractivity contribution < 1.29 is 9.53 Å². The number of aromatic nitrogens is 1. The summed E-state index contributed by atoms with van der Waals surface area (Å²) >= 11 is 6.06. The number of anilines is 2. The first kappa shape index (κ1) is 16.4. The summed E-state index contributed by atoms with van der Waals surface area (Å²) in [5, 5.41) is 4.03. The van der Waals surface area contributed by atoms with Crippen LogP contribution in [0, 0.1) is 0 Å². The van der Waals surface area contributed by atoms with Crippen molar-refractivity contribution in [1.82, 2.24) is 9.88 Å². The zero-order valence-corrected chi connectivity index (χ0v) is 14.7. The fourth-order valence-corrected chi connectivity index (χ4v) is 3.71. The van der Waals surface area contributed by atoms with Gasteiger partial charge >= 0.3 is 0 Å². The van der Waals surface area contributed by atoms with Crippen LogP contribution in [0.2, 0.25) is 5.02 Å². The first-order valence-electron chi connectivity index (χ1n) is 8.63. The Kier molecular flexibility index (Phi) is 4.59. The molecule has 1 fully saturated rings. The van der Waals surface area contributed by atoms with Gasteiger partial charge in [-0.3, -0.25) is 4.79 Å². The Morgan fingerprint density at radius 1 is 1.20 bits per heavy atom. The number of nitrogens with zero attached hydrogens (tertiary/aromatic N) is 2. The zero-order chi connectivity index (χ0) is 17.2. The van der Waals surface area contributed by atoms with E-state index in [-0.39, 0.29) is 5.91 Å². The van der Waals surface area contributed by atoms with Gasteiger partial charge in [0.15, 0.2) is 0 Å². The molecule has 2 aliphatic rings. The van der Waals surface area contributed by atoms with E-state index in [4.69, 9.17) is 16.3 Å². The maximum atomic E-state index is 12.9. The van der Waals surface area contributed by atoms with Crippen LogP contribution in [0.25, 0.3) is 0 Å². The van der Waals surface area contributed by atoms with E-state index in [1.165, 1.54) is 0 Å². The quantitative estimate of drug-likeness (QED) is 0.914. The second kappa shape index (κ2) is 7.02. The maximum Gasteiger partial charge on any atom is 0.255 e. The van der Waals surface area contributed by atoms with Gasteiger partial charge in [0.2, 0.25) is 0 Å². The second-order valence-corrected chi connectivity index (χ2v) is 6.81. The van der Waals surface area contributed by atoms with Crippen LogP contribution in [0.1, 0.15) is 27.9 Å². The molecule has 1 saturated heterocycles. The van der Waals surface area contributed by atoms with Crippen molar-refractivity contribution in [3.63, 3.8) is 0 Å². The second-order valence-electron chi connectivity index (χ2n) is 6.37. The normalized spacial score (nSPS) is 16.6. The summed E-state index contributed by atoms with van der Waals surface area (Å²) in [6, 6.07) is 7.58. The number of morpholine rings is 1. The number of carbonyl (C=O) groups is 1. The molecule has 5 nitrogen and oxygen atoms in total. The molecule has 0 unspecified atom stereocenters. The minimum Gasteiger partial charge on any atom is -0.378 e. The molecule has 1 N–H and O–H groups in total. The summed E-state index contributed by atoms with van der Waals surface area (Å²) in [4.78, 5) is 19.3. The standard InChI is InChI=1S/C19H20ClN3O2/c20-13-3-1-4-14(11-13)22-18-16-6-2-5-15(16)17(12-21-18)19(24)23-7-9-25-10-8-23/h1,3-4,11-12H,2,5-10H2,(H,21,22). The van der Waals surface area contributed by atoms with E-state index >= 15 is 0 Å². The van der Waals surface area contributed by atoms with E-state index in [1.807, 2.05) is 29.2 Å². The van der Waals surface area contributed by atoms with Gasteiger partial charge in [-0.1, -0.05) is 17.7 Å². The molecule has 25 heavy (non-hydrogen) atoms. The number of benzene rings is 1. The number of halogens is 1. The molecular formula is C19H20ClN3O2. The van der Waals surface area contributed by atoms with Crippen molar-refractivity contribution >= 4 is 29.0 Å². The Balaban J connectivity index is 1.63. The first-order chi connectivity index (χ1) is 12.2. The monoisotopic (exact) mass is 357 g/mol. The lowest BCUT2D eigenvalue weighted by atomic mass is 10.0. The predicted octanol–water partition coefficient (Wildman–Crippen LogP) is 3.44. The van der Waals surface area contributed by atoms with Crippen LogP contribution in [0.4, 0.5) is 11.5 Å². The van der Waals surface area contributed by atoms with Gasteiger partial charge in [-0.05, 0) is 48.6 Å². The van der Waals surface area contributed by atoms with E-state index in [2.05, 4.69) is 10.3 Å². The molecular weight excluding hydrogens is 338 g/mol. The summed E-state index contributed by atoms with van der Waals surface area (Å²) in [6.45, 7) is 2.51. The Hall–Kier alpha value is -2.11. The van der Waals surface area contributed by atoms with Crippen molar-refractivity contribution in [1.29, 1.82) is 0 Å². The van der Waals surface area contributed by atoms with Gasteiger partial charge in [-0.25, -0.2) is 4.98 Å². The summed E-state index contributed by atoms with van der Waals surface area (Å²) in [7, 11) is 0. The Morgan fingerprint density at radius 2 is 2.00 bits per heavy atom. The fraction of sp³-hybridized carbons (Fsp3) is 0.368. The van der Waals surface area contributed by atoms with Crippen molar-refractivity contribution in [2.24, 2.45) is 0 Å². The fourth-order valence-electron chi connectivity index (χ4n) is 3.52. The lowest BCUT2D eigenvalue weighted by molar-refractivity contribution is 0.0302. The number of amides is 1. The molecule has 1 aromatic carbocycles. The third kappa shape index (κ3) is 3.34. The summed E-state index contributed by atoms with van der Waals surface area (Å²) < 4.78 is 5.34. The van der Waals surface area contributed by atoms with Gasteiger partial charge in [0.25, 0.3) is 5.91 Å². The topological polar surface area (TPSA) is 54.5 Å². The minimum absolute atomic E-state index is 0.0725. The number of ether oxygens (including phenoxy) is 1. The molecule has 6 heteroatoms. The smallest absolute Gasteiger partial charge is 0.255 e. The predicted molar refractivity (Wildman–Crippen MR) is 97.7 cm³/mol. The molecule has 0 spiro atoms. The van der Waals surface area contributed by atoms with Gasteiger partial charge in [-0.2, -0.15) is 0 Å². The lowest BCUT2D eigenvalue weighted by Crippen LogP contribution is -2.41. The van der Waals surface area contributed by atoms with Crippen molar-refractivity contribution in [2.75, 3.05) is 31.6 Å². The third-order valence-electron chi connectivity index (χ3n) is 4.77. The lowest BCUT2D eigenvalue weighted by Gasteiger charge is -2.27. The molecule has 0 saturated carbocycles. The maximum absolute atomic E-state index is 12.9. The average molecular weight is 358 g/mol. The Labute approximate surface area is 152 Å². The molecule has 2 heterocycles. The van der Waals surface area contributed by atoms with E-state index in [9.17, 15) is 4.79 Å². The number of fused-ring (bicyclic) bond motifs is 1. The highest BCUT2D eigenvalue weighted by Crippen LogP contribution is 2.32. The van der Waals surface area contributed by atoms with Crippen LogP contribution in [0.3, 0.4) is 0 Å². The molecule has 1 aromatic heterocycles. The van der Waals surface area contributed by atoms with Crippen molar-refractivity contribution in [2.45, 2.75) is 19.3 Å². The Bertz CT molecular complexity index is 803. The third-order valence-corrected chi connectivity index (χ3v) is 5.00. The van der Waals surface area contributed by atoms with Gasteiger partial charge in [0, 0.05) is 30.0 Å². The average Bonchev–Trinajstić information content (AvgIpc) is 3.12. The number of hydrogen-bond donors (Lipinski definition) is 1. The van der Waals surface area contributed by atoms with Crippen LogP contribution in [0.5, 0.6) is 0 Å². The molecule has 0 atom stereocenters. The van der Waals surface area contributed by atoms with E-state index in [0.29, 0.717) is 31.3 Å². The van der Waals surface area contributed by atoms with Crippen LogP contribution in [0.15, 0.2) is 30.5 Å². The van der Waals surface area contributed by atoms with Crippen LogP contribution < -0.4 is 5.32 Å². The number of nitrogens with one attached hydrogen (secondary N) is 1. The van der Waals surface area contributed by atoms with Gasteiger partial charge in [0.05, 0.1) is 18.8 Å². The largest absolute Gasteiger partial charge is 0.378 e. The first-order valence-corrected chi connectivity index (χ1v) is 9.00. The highest BCUT2D eigenvalue weighted by atomic mass is 35.5. The van der Waals surface area contributed by atoms with E-state index in [1.54, 1.807) is 6.20 Å². The van der Waals surface area contributed by atoms with Gasteiger partial charge < -0.3 is 15.0 Å². The van der Waals surface area contributed by atoms with Gasteiger partial charge in [0.1, 0.15) is 5.82 Å². The van der Waals surface area contributed by atoms with Gasteiger partial charge in [-0.15, -0.1) is 0 Å². The SMILES string of the molecule is O=C(c1cnc(Nc2cccc(Cl)c2)c2c1CCC2)N1CCOCC1. The molecule has 1 amide bonds. The molecule has 4 rings (SSSR count). The van der Waals surface area contributed by atoms with E-state index in [0.717, 1.165) is 47.5 Å². The summed E-state index contributed by atoms with van der Waals surface area (Å²) in [5.41, 5.74) is 3.93. The zero-order valence-electron chi connectivity index (χ0n) is 13.9. The molecule has 1 aliphatic heterocycles. The van der Waals surface area contributed by atoms with Crippen molar-refractivity contribution in [3.8, 4) is 0 Å².